The second kappa shape index (κ2) is 7.19. The fourth-order valence-corrected chi connectivity index (χ4v) is 4.17. The molecule has 0 spiro atoms. The van der Waals surface area contributed by atoms with Crippen LogP contribution < -0.4 is 5.56 Å². The third kappa shape index (κ3) is 3.38. The largest absolute Gasteiger partial charge is 0.275 e. The normalized spacial score (nSPS) is 15.6. The summed E-state index contributed by atoms with van der Waals surface area (Å²) < 4.78 is 28.4. The van der Waals surface area contributed by atoms with Crippen LogP contribution in [0.5, 0.6) is 0 Å². The standard InChI is InChI=1S/C18H18F2N4OS/c19-13-7-4-8-14(16(13)20)26-10-12-9-15(25)24-18(21-12)22-17(23-24)11-5-2-1-3-6-11/h4,7-9,11H,1-3,5-6,10H2,(H,21,22,23). The van der Waals surface area contributed by atoms with Crippen molar-refractivity contribution in [3.63, 3.8) is 0 Å². The Bertz CT molecular complexity index is 995. The highest BCUT2D eigenvalue weighted by atomic mass is 32.2. The third-order valence-corrected chi connectivity index (χ3v) is 5.75. The van der Waals surface area contributed by atoms with Crippen LogP contribution in [0, 0.1) is 11.6 Å². The Balaban J connectivity index is 1.58. The van der Waals surface area contributed by atoms with Gasteiger partial charge in [0.2, 0.25) is 0 Å². The minimum Gasteiger partial charge on any atom is -0.275 e. The van der Waals surface area contributed by atoms with E-state index in [1.807, 2.05) is 0 Å². The molecule has 2 heterocycles. The number of benzene rings is 1. The molecule has 3 aromatic rings. The minimum absolute atomic E-state index is 0.192. The second-order valence-corrected chi connectivity index (χ2v) is 7.52. The fraction of sp³-hybridized carbons (Fsp3) is 0.389. The summed E-state index contributed by atoms with van der Waals surface area (Å²) in [5.41, 5.74) is 0.241. The van der Waals surface area contributed by atoms with Crippen LogP contribution in [0.15, 0.2) is 34.0 Å². The molecular formula is C18H18F2N4OS. The number of H-pyrrole nitrogens is 1. The average Bonchev–Trinajstić information content (AvgIpc) is 3.08. The van der Waals surface area contributed by atoms with Gasteiger partial charge in [0.15, 0.2) is 11.6 Å². The van der Waals surface area contributed by atoms with E-state index >= 15 is 0 Å². The Labute approximate surface area is 152 Å². The first-order valence-electron chi connectivity index (χ1n) is 8.67. The van der Waals surface area contributed by atoms with E-state index < -0.39 is 11.6 Å². The lowest BCUT2D eigenvalue weighted by Crippen LogP contribution is -2.16. The van der Waals surface area contributed by atoms with Crippen molar-refractivity contribution in [3.05, 3.63) is 57.8 Å². The van der Waals surface area contributed by atoms with Gasteiger partial charge in [-0.2, -0.15) is 9.50 Å². The first-order valence-corrected chi connectivity index (χ1v) is 9.66. The summed E-state index contributed by atoms with van der Waals surface area (Å²) in [5, 5.41) is 3.07. The number of nitrogens with one attached hydrogen (secondary N) is 1. The Kier molecular flexibility index (Phi) is 4.76. The molecule has 1 saturated carbocycles. The van der Waals surface area contributed by atoms with Gasteiger partial charge in [0, 0.05) is 22.6 Å². The molecule has 1 aromatic carbocycles. The van der Waals surface area contributed by atoms with Crippen LogP contribution in [0.2, 0.25) is 0 Å². The van der Waals surface area contributed by atoms with E-state index in [4.69, 9.17) is 0 Å². The van der Waals surface area contributed by atoms with E-state index in [-0.39, 0.29) is 16.2 Å². The summed E-state index contributed by atoms with van der Waals surface area (Å²) in [6.45, 7) is 0. The number of fused-ring (bicyclic) bond motifs is 1. The first kappa shape index (κ1) is 17.2. The topological polar surface area (TPSA) is 63.0 Å². The highest BCUT2D eigenvalue weighted by Crippen LogP contribution is 2.31. The molecule has 0 saturated heterocycles. The molecule has 5 nitrogen and oxygen atoms in total. The summed E-state index contributed by atoms with van der Waals surface area (Å²) >= 11 is 1.10. The lowest BCUT2D eigenvalue weighted by molar-refractivity contribution is 0.428. The molecular weight excluding hydrogens is 358 g/mol. The van der Waals surface area contributed by atoms with Gasteiger partial charge < -0.3 is 0 Å². The van der Waals surface area contributed by atoms with Crippen molar-refractivity contribution in [2.24, 2.45) is 0 Å². The molecule has 8 heteroatoms. The minimum atomic E-state index is -0.886. The molecule has 0 amide bonds. The number of hydrogen-bond acceptors (Lipinski definition) is 4. The van der Waals surface area contributed by atoms with Crippen LogP contribution in [-0.4, -0.2) is 19.6 Å². The third-order valence-electron chi connectivity index (χ3n) is 4.68. The van der Waals surface area contributed by atoms with Gasteiger partial charge in [-0.25, -0.2) is 13.8 Å². The van der Waals surface area contributed by atoms with Crippen LogP contribution >= 0.6 is 11.8 Å². The molecule has 2 aromatic heterocycles. The zero-order valence-corrected chi connectivity index (χ0v) is 14.9. The molecule has 0 unspecified atom stereocenters. The summed E-state index contributed by atoms with van der Waals surface area (Å²) in [5.74, 6) is -0.0390. The summed E-state index contributed by atoms with van der Waals surface area (Å²) in [4.78, 5) is 21.4. The van der Waals surface area contributed by atoms with E-state index in [1.165, 1.54) is 42.0 Å². The molecule has 0 bridgehead atoms. The van der Waals surface area contributed by atoms with E-state index in [9.17, 15) is 13.6 Å². The van der Waals surface area contributed by atoms with Crippen LogP contribution in [-0.2, 0) is 5.75 Å². The molecule has 26 heavy (non-hydrogen) atoms. The van der Waals surface area contributed by atoms with Crippen molar-refractivity contribution in [1.82, 2.24) is 19.6 Å². The molecule has 1 aliphatic carbocycles. The Morgan fingerprint density at radius 1 is 1.19 bits per heavy atom. The van der Waals surface area contributed by atoms with Gasteiger partial charge in [-0.15, -0.1) is 11.8 Å². The van der Waals surface area contributed by atoms with Gasteiger partial charge in [-0.3, -0.25) is 9.89 Å². The molecule has 4 rings (SSSR count). The quantitative estimate of drug-likeness (QED) is 0.698. The average molecular weight is 376 g/mol. The molecule has 1 N–H and O–H groups in total. The van der Waals surface area contributed by atoms with Crippen molar-refractivity contribution >= 4 is 17.5 Å². The maximum Gasteiger partial charge on any atom is 0.274 e. The van der Waals surface area contributed by atoms with Crippen molar-refractivity contribution in [2.45, 2.75) is 48.7 Å². The Morgan fingerprint density at radius 3 is 2.81 bits per heavy atom. The van der Waals surface area contributed by atoms with Crippen molar-refractivity contribution in [2.75, 3.05) is 0 Å². The maximum atomic E-state index is 13.7. The van der Waals surface area contributed by atoms with Gasteiger partial charge in [0.25, 0.3) is 11.3 Å². The van der Waals surface area contributed by atoms with Gasteiger partial charge >= 0.3 is 0 Å². The van der Waals surface area contributed by atoms with E-state index in [0.29, 0.717) is 17.4 Å². The van der Waals surface area contributed by atoms with Crippen LogP contribution in [0.4, 0.5) is 8.78 Å². The lowest BCUT2D eigenvalue weighted by Gasteiger charge is -2.18. The zero-order chi connectivity index (χ0) is 18.1. The monoisotopic (exact) mass is 376 g/mol. The number of aromatic nitrogens is 4. The molecule has 0 radical (unpaired) electrons. The highest BCUT2D eigenvalue weighted by Gasteiger charge is 2.20. The maximum absolute atomic E-state index is 13.7. The number of rotatable bonds is 4. The van der Waals surface area contributed by atoms with Crippen molar-refractivity contribution < 1.29 is 8.78 Å². The number of nitrogens with zero attached hydrogens (tertiary/aromatic N) is 3. The van der Waals surface area contributed by atoms with Crippen molar-refractivity contribution in [3.8, 4) is 0 Å². The Morgan fingerprint density at radius 2 is 2.00 bits per heavy atom. The Hall–Kier alpha value is -2.22. The second-order valence-electron chi connectivity index (χ2n) is 6.51. The van der Waals surface area contributed by atoms with Crippen molar-refractivity contribution in [1.29, 1.82) is 0 Å². The van der Waals surface area contributed by atoms with Crippen LogP contribution in [0.3, 0.4) is 0 Å². The summed E-state index contributed by atoms with van der Waals surface area (Å²) in [7, 11) is 0. The van der Waals surface area contributed by atoms with Gasteiger partial charge in [-0.05, 0) is 25.0 Å². The van der Waals surface area contributed by atoms with E-state index in [1.54, 1.807) is 0 Å². The highest BCUT2D eigenvalue weighted by molar-refractivity contribution is 7.98. The smallest absolute Gasteiger partial charge is 0.274 e. The molecule has 0 aliphatic heterocycles. The fourth-order valence-electron chi connectivity index (χ4n) is 3.32. The van der Waals surface area contributed by atoms with Gasteiger partial charge in [-0.1, -0.05) is 25.3 Å². The lowest BCUT2D eigenvalue weighted by atomic mass is 9.89. The first-order chi connectivity index (χ1) is 12.6. The van der Waals surface area contributed by atoms with Crippen LogP contribution in [0.1, 0.15) is 49.5 Å². The summed E-state index contributed by atoms with van der Waals surface area (Å²) in [6, 6.07) is 5.44. The zero-order valence-electron chi connectivity index (χ0n) is 14.0. The molecule has 136 valence electrons. The summed E-state index contributed by atoms with van der Waals surface area (Å²) in [6.07, 6.45) is 5.72. The predicted molar refractivity (Wildman–Crippen MR) is 95.4 cm³/mol. The number of thioether (sulfide) groups is 1. The molecule has 0 atom stereocenters. The van der Waals surface area contributed by atoms with E-state index in [2.05, 4.69) is 15.1 Å². The number of halogens is 2. The SMILES string of the molecule is O=c1cc(CSc2cccc(F)c2F)nc2nc(C3CCCCC3)[nH]n12. The van der Waals surface area contributed by atoms with E-state index in [0.717, 1.165) is 36.5 Å². The van der Waals surface area contributed by atoms with Gasteiger partial charge in [0.05, 0.1) is 5.69 Å². The predicted octanol–water partition coefficient (Wildman–Crippen LogP) is 4.04. The van der Waals surface area contributed by atoms with Gasteiger partial charge in [0.1, 0.15) is 5.82 Å². The molecule has 1 fully saturated rings. The number of hydrogen-bond donors (Lipinski definition) is 1. The number of aromatic amines is 1. The molecule has 1 aliphatic rings. The van der Waals surface area contributed by atoms with Crippen LogP contribution in [0.25, 0.3) is 5.78 Å².